The Bertz CT molecular complexity index is 118. The maximum atomic E-state index is 3.48. The van der Waals surface area contributed by atoms with Gasteiger partial charge in [-0.2, -0.15) is 0 Å². The molecule has 0 rings (SSSR count). The average Bonchev–Trinajstić information content (AvgIpc) is 2.09. The molecule has 0 spiro atoms. The maximum Gasteiger partial charge on any atom is -0.00205 e. The summed E-state index contributed by atoms with van der Waals surface area (Å²) in [5.41, 5.74) is 0. The first-order valence-electron chi connectivity index (χ1n) is 6.26. The van der Waals surface area contributed by atoms with E-state index in [1.807, 2.05) is 0 Å². The van der Waals surface area contributed by atoms with Crippen molar-refractivity contribution in [3.8, 4) is 0 Å². The lowest BCUT2D eigenvalue weighted by molar-refractivity contribution is 0.343. The molecule has 14 heavy (non-hydrogen) atoms. The molecule has 0 saturated heterocycles. The van der Waals surface area contributed by atoms with Gasteiger partial charge in [0.1, 0.15) is 0 Å². The van der Waals surface area contributed by atoms with Gasteiger partial charge in [-0.05, 0) is 43.7 Å². The molecule has 1 heteroatoms. The average molecular weight is 199 g/mol. The summed E-state index contributed by atoms with van der Waals surface area (Å²) in [6.45, 7) is 13.8. The van der Waals surface area contributed by atoms with Crippen LogP contribution in [0.4, 0.5) is 0 Å². The summed E-state index contributed by atoms with van der Waals surface area (Å²) >= 11 is 0. The van der Waals surface area contributed by atoms with Gasteiger partial charge in [0.25, 0.3) is 0 Å². The highest BCUT2D eigenvalue weighted by molar-refractivity contribution is 4.65. The fourth-order valence-electron chi connectivity index (χ4n) is 1.89. The van der Waals surface area contributed by atoms with E-state index in [4.69, 9.17) is 0 Å². The molecule has 0 bridgehead atoms. The Labute approximate surface area is 90.7 Å². The van der Waals surface area contributed by atoms with E-state index in [9.17, 15) is 0 Å². The molecule has 0 amide bonds. The van der Waals surface area contributed by atoms with Crippen molar-refractivity contribution in [1.82, 2.24) is 5.32 Å². The van der Waals surface area contributed by atoms with Gasteiger partial charge in [0.2, 0.25) is 0 Å². The number of rotatable bonds is 8. The molecule has 0 saturated carbocycles. The van der Waals surface area contributed by atoms with Gasteiger partial charge in [-0.25, -0.2) is 0 Å². The van der Waals surface area contributed by atoms with Crippen LogP contribution < -0.4 is 5.32 Å². The molecule has 0 radical (unpaired) electrons. The molecule has 0 heterocycles. The van der Waals surface area contributed by atoms with Crippen molar-refractivity contribution in [3.05, 3.63) is 0 Å². The highest BCUT2D eigenvalue weighted by Gasteiger charge is 2.10. The first kappa shape index (κ1) is 14.0. The highest BCUT2D eigenvalue weighted by atomic mass is 14.8. The van der Waals surface area contributed by atoms with Crippen molar-refractivity contribution >= 4 is 0 Å². The number of hydrogen-bond acceptors (Lipinski definition) is 1. The van der Waals surface area contributed by atoms with Crippen molar-refractivity contribution in [2.75, 3.05) is 13.1 Å². The van der Waals surface area contributed by atoms with E-state index >= 15 is 0 Å². The maximum absolute atomic E-state index is 3.48. The summed E-state index contributed by atoms with van der Waals surface area (Å²) in [5, 5.41) is 3.48. The van der Waals surface area contributed by atoms with Gasteiger partial charge >= 0.3 is 0 Å². The van der Waals surface area contributed by atoms with E-state index in [0.717, 1.165) is 24.3 Å². The molecule has 1 nitrogen and oxygen atoms in total. The Hall–Kier alpha value is -0.0400. The van der Waals surface area contributed by atoms with Gasteiger partial charge in [0.15, 0.2) is 0 Å². The number of nitrogens with one attached hydrogen (secondary N) is 1. The van der Waals surface area contributed by atoms with Crippen molar-refractivity contribution in [1.29, 1.82) is 0 Å². The predicted molar refractivity (Wildman–Crippen MR) is 65.6 cm³/mol. The van der Waals surface area contributed by atoms with E-state index in [1.165, 1.54) is 25.8 Å². The molecule has 0 aliphatic heterocycles. The second-order valence-electron chi connectivity index (χ2n) is 5.27. The van der Waals surface area contributed by atoms with E-state index in [0.29, 0.717) is 0 Å². The highest BCUT2D eigenvalue weighted by Crippen LogP contribution is 2.19. The van der Waals surface area contributed by atoms with Crippen LogP contribution >= 0.6 is 0 Å². The van der Waals surface area contributed by atoms with Gasteiger partial charge < -0.3 is 5.32 Å². The van der Waals surface area contributed by atoms with Crippen LogP contribution in [0.25, 0.3) is 0 Å². The summed E-state index contributed by atoms with van der Waals surface area (Å²) in [4.78, 5) is 0. The van der Waals surface area contributed by atoms with Crippen LogP contribution in [-0.4, -0.2) is 13.1 Å². The van der Waals surface area contributed by atoms with E-state index in [1.54, 1.807) is 0 Å². The molecule has 0 aliphatic rings. The van der Waals surface area contributed by atoms with E-state index in [-0.39, 0.29) is 0 Å². The summed E-state index contributed by atoms with van der Waals surface area (Å²) in [5.74, 6) is 2.58. The zero-order chi connectivity index (χ0) is 11.0. The first-order valence-corrected chi connectivity index (χ1v) is 6.26. The lowest BCUT2D eigenvalue weighted by atomic mass is 9.90. The minimum absolute atomic E-state index is 0.839. The smallest absolute Gasteiger partial charge is 0.00205 e. The summed E-state index contributed by atoms with van der Waals surface area (Å²) < 4.78 is 0. The monoisotopic (exact) mass is 199 g/mol. The first-order chi connectivity index (χ1) is 6.56. The predicted octanol–water partition coefficient (Wildman–Crippen LogP) is 3.69. The van der Waals surface area contributed by atoms with Crippen molar-refractivity contribution < 1.29 is 0 Å². The molecule has 0 aromatic heterocycles. The summed E-state index contributed by atoms with van der Waals surface area (Å²) in [6, 6.07) is 0. The standard InChI is InChI=1S/C13H29N/c1-6-14-10-13(9-12(4)5)8-7-11(2)3/h11-14H,6-10H2,1-5H3. The lowest BCUT2D eigenvalue weighted by Crippen LogP contribution is -2.24. The zero-order valence-corrected chi connectivity index (χ0v) is 10.8. The molecule has 1 N–H and O–H groups in total. The molecule has 1 atom stereocenters. The van der Waals surface area contributed by atoms with Crippen LogP contribution in [0, 0.1) is 17.8 Å². The van der Waals surface area contributed by atoms with E-state index < -0.39 is 0 Å². The molecule has 0 aromatic carbocycles. The lowest BCUT2D eigenvalue weighted by Gasteiger charge is -2.20. The second kappa shape index (κ2) is 8.28. The Morgan fingerprint density at radius 3 is 2.00 bits per heavy atom. The fraction of sp³-hybridized carbons (Fsp3) is 1.00. The third-order valence-electron chi connectivity index (χ3n) is 2.64. The molecule has 1 unspecified atom stereocenters. The minimum atomic E-state index is 0.839. The Kier molecular flexibility index (Phi) is 8.26. The third kappa shape index (κ3) is 8.55. The zero-order valence-electron chi connectivity index (χ0n) is 10.8. The quantitative estimate of drug-likeness (QED) is 0.628. The molecule has 0 fully saturated rings. The number of hydrogen-bond donors (Lipinski definition) is 1. The fourth-order valence-corrected chi connectivity index (χ4v) is 1.89. The van der Waals surface area contributed by atoms with Gasteiger partial charge in [-0.15, -0.1) is 0 Å². The minimum Gasteiger partial charge on any atom is -0.317 e. The van der Waals surface area contributed by atoms with Crippen molar-refractivity contribution in [3.63, 3.8) is 0 Å². The van der Waals surface area contributed by atoms with Crippen LogP contribution in [-0.2, 0) is 0 Å². The summed E-state index contributed by atoms with van der Waals surface area (Å²) in [6.07, 6.45) is 4.14. The van der Waals surface area contributed by atoms with Gasteiger partial charge in [0, 0.05) is 0 Å². The van der Waals surface area contributed by atoms with E-state index in [2.05, 4.69) is 39.9 Å². The van der Waals surface area contributed by atoms with Crippen molar-refractivity contribution in [2.24, 2.45) is 17.8 Å². The van der Waals surface area contributed by atoms with Crippen LogP contribution in [0.1, 0.15) is 53.9 Å². The van der Waals surface area contributed by atoms with Crippen LogP contribution in [0.15, 0.2) is 0 Å². The topological polar surface area (TPSA) is 12.0 Å². The van der Waals surface area contributed by atoms with Gasteiger partial charge in [-0.1, -0.05) is 41.0 Å². The largest absolute Gasteiger partial charge is 0.317 e. The molecular formula is C13H29N. The molecule has 86 valence electrons. The van der Waals surface area contributed by atoms with Crippen molar-refractivity contribution in [2.45, 2.75) is 53.9 Å². The Morgan fingerprint density at radius 2 is 1.57 bits per heavy atom. The normalized spacial score (nSPS) is 13.9. The third-order valence-corrected chi connectivity index (χ3v) is 2.64. The second-order valence-corrected chi connectivity index (χ2v) is 5.27. The molecule has 0 aliphatic carbocycles. The Morgan fingerprint density at radius 1 is 0.929 bits per heavy atom. The molecular weight excluding hydrogens is 170 g/mol. The Balaban J connectivity index is 3.72. The molecule has 0 aromatic rings. The van der Waals surface area contributed by atoms with Gasteiger partial charge in [0.05, 0.1) is 0 Å². The summed E-state index contributed by atoms with van der Waals surface area (Å²) in [7, 11) is 0. The van der Waals surface area contributed by atoms with Crippen LogP contribution in [0.2, 0.25) is 0 Å². The SMILES string of the molecule is CCNCC(CCC(C)C)CC(C)C. The van der Waals surface area contributed by atoms with Gasteiger partial charge in [-0.3, -0.25) is 0 Å². The van der Waals surface area contributed by atoms with Crippen LogP contribution in [0.5, 0.6) is 0 Å². The van der Waals surface area contributed by atoms with Crippen LogP contribution in [0.3, 0.4) is 0 Å².